The van der Waals surface area contributed by atoms with E-state index in [1.54, 1.807) is 0 Å². The van der Waals surface area contributed by atoms with Gasteiger partial charge in [-0.25, -0.2) is 0 Å². The zero-order valence-electron chi connectivity index (χ0n) is 14.5. The lowest BCUT2D eigenvalue weighted by Crippen LogP contribution is -2.34. The van der Waals surface area contributed by atoms with Crippen molar-refractivity contribution in [3.8, 4) is 0 Å². The summed E-state index contributed by atoms with van der Waals surface area (Å²) in [5.41, 5.74) is 14.4. The first-order valence-corrected chi connectivity index (χ1v) is 8.11. The Bertz CT molecular complexity index is 632. The summed E-state index contributed by atoms with van der Waals surface area (Å²) in [6, 6.07) is 4.75. The van der Waals surface area contributed by atoms with Crippen LogP contribution in [0.5, 0.6) is 0 Å². The molecule has 1 aliphatic carbocycles. The Labute approximate surface area is 134 Å². The Morgan fingerprint density at radius 2 is 1.73 bits per heavy atom. The van der Waals surface area contributed by atoms with E-state index in [1.165, 1.54) is 35.1 Å². The van der Waals surface area contributed by atoms with Crippen molar-refractivity contribution in [2.75, 3.05) is 6.54 Å². The molecule has 0 spiro atoms. The zero-order chi connectivity index (χ0) is 16.4. The summed E-state index contributed by atoms with van der Waals surface area (Å²) in [5, 5.41) is 3.57. The van der Waals surface area contributed by atoms with Crippen molar-refractivity contribution in [2.24, 2.45) is 5.11 Å². The van der Waals surface area contributed by atoms with Gasteiger partial charge in [-0.2, -0.15) is 0 Å². The Morgan fingerprint density at radius 3 is 2.32 bits per heavy atom. The summed E-state index contributed by atoms with van der Waals surface area (Å²) < 4.78 is 0. The molecule has 22 heavy (non-hydrogen) atoms. The number of nitrogens with zero attached hydrogens (tertiary/aromatic N) is 3. The molecular formula is C19H27N3. The van der Waals surface area contributed by atoms with E-state index in [9.17, 15) is 0 Å². The lowest BCUT2D eigenvalue weighted by molar-refractivity contribution is 0.331. The second kappa shape index (κ2) is 6.18. The molecule has 0 unspecified atom stereocenters. The highest BCUT2D eigenvalue weighted by molar-refractivity contribution is 5.59. The van der Waals surface area contributed by atoms with Gasteiger partial charge < -0.3 is 0 Å². The van der Waals surface area contributed by atoms with Crippen LogP contribution in [0, 0.1) is 6.92 Å². The highest BCUT2D eigenvalue weighted by atomic mass is 15.1. The summed E-state index contributed by atoms with van der Waals surface area (Å²) in [7, 11) is 0. The van der Waals surface area contributed by atoms with E-state index in [2.05, 4.69) is 68.9 Å². The molecule has 0 aromatic heterocycles. The molecule has 0 heterocycles. The molecule has 0 bridgehead atoms. The van der Waals surface area contributed by atoms with Crippen molar-refractivity contribution in [1.82, 2.24) is 0 Å². The summed E-state index contributed by atoms with van der Waals surface area (Å²) in [5.74, 6) is 0. The fourth-order valence-corrected chi connectivity index (χ4v) is 3.31. The van der Waals surface area contributed by atoms with Crippen LogP contribution < -0.4 is 0 Å². The van der Waals surface area contributed by atoms with Gasteiger partial charge in [0.25, 0.3) is 0 Å². The molecule has 1 aromatic carbocycles. The molecule has 1 aromatic rings. The minimum absolute atomic E-state index is 0.242. The summed E-state index contributed by atoms with van der Waals surface area (Å²) >= 11 is 0. The van der Waals surface area contributed by atoms with Crippen LogP contribution in [-0.2, 0) is 10.8 Å². The predicted octanol–water partition coefficient (Wildman–Crippen LogP) is 6.06. The number of fused-ring (bicyclic) bond motifs is 1. The first kappa shape index (κ1) is 16.6. The molecule has 0 fully saturated rings. The highest BCUT2D eigenvalue weighted by Gasteiger charge is 2.37. The van der Waals surface area contributed by atoms with E-state index in [4.69, 9.17) is 5.53 Å². The van der Waals surface area contributed by atoms with Crippen molar-refractivity contribution < 1.29 is 0 Å². The van der Waals surface area contributed by atoms with Crippen LogP contribution in [0.3, 0.4) is 0 Å². The van der Waals surface area contributed by atoms with Crippen molar-refractivity contribution in [3.63, 3.8) is 0 Å². The van der Waals surface area contributed by atoms with Crippen molar-refractivity contribution in [2.45, 2.75) is 64.7 Å². The molecule has 1 aliphatic rings. The largest absolute Gasteiger partial charge is 0.0937 e. The normalized spacial score (nSPS) is 18.8. The molecule has 0 amide bonds. The van der Waals surface area contributed by atoms with Crippen LogP contribution in [0.1, 0.15) is 69.2 Å². The van der Waals surface area contributed by atoms with Gasteiger partial charge in [0.1, 0.15) is 0 Å². The van der Waals surface area contributed by atoms with Gasteiger partial charge in [-0.05, 0) is 64.8 Å². The zero-order valence-corrected chi connectivity index (χ0v) is 14.5. The number of aryl methyl sites for hydroxylation is 1. The van der Waals surface area contributed by atoms with Crippen LogP contribution in [0.15, 0.2) is 23.3 Å². The van der Waals surface area contributed by atoms with Crippen molar-refractivity contribution in [3.05, 3.63) is 50.9 Å². The standard InChI is InChI=1S/C19H27N3/c1-14-12-16-17(19(4,5)10-9-18(16,2)3)13-15(14)8-6-7-11-21-22-20/h6,8,12-13H,7,9-11H2,1-5H3. The van der Waals surface area contributed by atoms with Gasteiger partial charge in [0, 0.05) is 11.5 Å². The maximum atomic E-state index is 8.30. The predicted molar refractivity (Wildman–Crippen MR) is 94.1 cm³/mol. The van der Waals surface area contributed by atoms with Crippen LogP contribution in [0.2, 0.25) is 0 Å². The quantitative estimate of drug-likeness (QED) is 0.281. The summed E-state index contributed by atoms with van der Waals surface area (Å²) in [6.45, 7) is 12.1. The van der Waals surface area contributed by atoms with Crippen LogP contribution >= 0.6 is 0 Å². The SMILES string of the molecule is Cc1cc2c(cc1C=CCCN=[N+]=[N-])C(C)(C)CCC2(C)C. The fraction of sp³-hybridized carbons (Fsp3) is 0.579. The van der Waals surface area contributed by atoms with E-state index in [0.717, 1.165) is 6.42 Å². The van der Waals surface area contributed by atoms with Crippen LogP contribution in [-0.4, -0.2) is 6.54 Å². The molecule has 2 rings (SSSR count). The fourth-order valence-electron chi connectivity index (χ4n) is 3.31. The molecule has 0 saturated carbocycles. The average Bonchev–Trinajstić information content (AvgIpc) is 2.45. The molecule has 0 saturated heterocycles. The molecule has 3 heteroatoms. The molecule has 3 nitrogen and oxygen atoms in total. The van der Waals surface area contributed by atoms with Gasteiger partial charge >= 0.3 is 0 Å². The van der Waals surface area contributed by atoms with Gasteiger partial charge in [0.05, 0.1) is 0 Å². The molecule has 0 atom stereocenters. The van der Waals surface area contributed by atoms with E-state index in [0.29, 0.717) is 6.54 Å². The molecular weight excluding hydrogens is 270 g/mol. The third-order valence-electron chi connectivity index (χ3n) is 5.00. The first-order valence-electron chi connectivity index (χ1n) is 8.11. The van der Waals surface area contributed by atoms with Gasteiger partial charge in [0.2, 0.25) is 0 Å². The Morgan fingerprint density at radius 1 is 1.14 bits per heavy atom. The highest BCUT2D eigenvalue weighted by Crippen LogP contribution is 2.46. The van der Waals surface area contributed by atoms with Gasteiger partial charge in [-0.3, -0.25) is 0 Å². The maximum absolute atomic E-state index is 8.30. The molecule has 0 N–H and O–H groups in total. The number of hydrogen-bond acceptors (Lipinski definition) is 1. The second-order valence-electron chi connectivity index (χ2n) is 7.67. The van der Waals surface area contributed by atoms with E-state index >= 15 is 0 Å². The number of azide groups is 1. The second-order valence-corrected chi connectivity index (χ2v) is 7.67. The third kappa shape index (κ3) is 3.36. The van der Waals surface area contributed by atoms with E-state index in [1.807, 2.05) is 0 Å². The molecule has 118 valence electrons. The maximum Gasteiger partial charge on any atom is 0.0292 e. The Hall–Kier alpha value is -1.73. The Kier molecular flexibility index (Phi) is 4.67. The Balaban J connectivity index is 2.37. The van der Waals surface area contributed by atoms with E-state index < -0.39 is 0 Å². The topological polar surface area (TPSA) is 48.8 Å². The monoisotopic (exact) mass is 297 g/mol. The number of benzene rings is 1. The molecule has 0 radical (unpaired) electrons. The third-order valence-corrected chi connectivity index (χ3v) is 5.00. The van der Waals surface area contributed by atoms with Gasteiger partial charge in [-0.1, -0.05) is 57.1 Å². The lowest BCUT2D eigenvalue weighted by atomic mass is 9.62. The smallest absolute Gasteiger partial charge is 0.0292 e. The number of rotatable bonds is 4. The minimum atomic E-state index is 0.242. The summed E-state index contributed by atoms with van der Waals surface area (Å²) in [6.07, 6.45) is 7.53. The van der Waals surface area contributed by atoms with Gasteiger partial charge in [0.15, 0.2) is 0 Å². The van der Waals surface area contributed by atoms with Gasteiger partial charge in [-0.15, -0.1) is 0 Å². The average molecular weight is 297 g/mol. The van der Waals surface area contributed by atoms with Crippen molar-refractivity contribution in [1.29, 1.82) is 0 Å². The van der Waals surface area contributed by atoms with Crippen LogP contribution in [0.25, 0.3) is 16.5 Å². The first-order chi connectivity index (χ1) is 10.3. The van der Waals surface area contributed by atoms with Crippen molar-refractivity contribution >= 4 is 6.08 Å². The number of hydrogen-bond donors (Lipinski definition) is 0. The molecule has 0 aliphatic heterocycles. The summed E-state index contributed by atoms with van der Waals surface area (Å²) in [4.78, 5) is 2.78. The minimum Gasteiger partial charge on any atom is -0.0937 e. The van der Waals surface area contributed by atoms with E-state index in [-0.39, 0.29) is 10.8 Å². The lowest BCUT2D eigenvalue weighted by Gasteiger charge is -2.42. The van der Waals surface area contributed by atoms with Crippen LogP contribution in [0.4, 0.5) is 0 Å².